The van der Waals surface area contributed by atoms with Crippen LogP contribution in [0.1, 0.15) is 21.5 Å². The van der Waals surface area contributed by atoms with Crippen LogP contribution < -0.4 is 5.56 Å². The fourth-order valence-electron chi connectivity index (χ4n) is 2.43. The fourth-order valence-corrected chi connectivity index (χ4v) is 2.91. The molecule has 0 saturated heterocycles. The topological polar surface area (TPSA) is 83.1 Å². The second-order valence-electron chi connectivity index (χ2n) is 5.40. The minimum absolute atomic E-state index is 0.0598. The van der Waals surface area contributed by atoms with Gasteiger partial charge in [0.1, 0.15) is 17.4 Å². The molecule has 0 aliphatic rings. The molecule has 0 atom stereocenters. The average molecular weight is 430 g/mol. The Bertz CT molecular complexity index is 1120. The van der Waals surface area contributed by atoms with Crippen molar-refractivity contribution in [1.29, 1.82) is 5.26 Å². The van der Waals surface area contributed by atoms with E-state index in [1.165, 1.54) is 29.0 Å². The first-order valence-electron chi connectivity index (χ1n) is 7.36. The van der Waals surface area contributed by atoms with E-state index in [4.69, 9.17) is 11.6 Å². The lowest BCUT2D eigenvalue weighted by Gasteiger charge is -2.10. The number of benzene rings is 2. The Morgan fingerprint density at radius 1 is 1.15 bits per heavy atom. The predicted octanol–water partition coefficient (Wildman–Crippen LogP) is 4.06. The normalized spacial score (nSPS) is 10.3. The monoisotopic (exact) mass is 428 g/mol. The smallest absolute Gasteiger partial charge is 0.273 e. The first-order chi connectivity index (χ1) is 12.4. The summed E-state index contributed by atoms with van der Waals surface area (Å²) in [6.45, 7) is 0. The molecule has 1 heterocycles. The van der Waals surface area contributed by atoms with E-state index in [0.717, 1.165) is 0 Å². The summed E-state index contributed by atoms with van der Waals surface area (Å²) >= 11 is 9.12. The van der Waals surface area contributed by atoms with Crippen molar-refractivity contribution in [3.05, 3.63) is 91.3 Å². The summed E-state index contributed by atoms with van der Waals surface area (Å²) < 4.78 is 1.82. The van der Waals surface area contributed by atoms with Gasteiger partial charge in [-0.3, -0.25) is 14.2 Å². The molecule has 0 radical (unpaired) electrons. The van der Waals surface area contributed by atoms with Gasteiger partial charge in [-0.15, -0.1) is 0 Å². The quantitative estimate of drug-likeness (QED) is 0.636. The molecule has 0 unspecified atom stereocenters. The highest BCUT2D eigenvalue weighted by atomic mass is 79.9. The number of halogens is 2. The number of aromatic hydroxyl groups is 1. The summed E-state index contributed by atoms with van der Waals surface area (Å²) in [7, 11) is 0. The molecule has 0 fully saturated rings. The maximum absolute atomic E-state index is 12.8. The maximum atomic E-state index is 12.8. The first-order valence-corrected chi connectivity index (χ1v) is 8.54. The van der Waals surface area contributed by atoms with Crippen LogP contribution in [0.15, 0.2) is 64.0 Å². The molecular formula is C19H10BrClN2O3. The Balaban J connectivity index is 2.20. The zero-order chi connectivity index (χ0) is 18.8. The first kappa shape index (κ1) is 17.9. The van der Waals surface area contributed by atoms with Gasteiger partial charge in [0, 0.05) is 26.9 Å². The summed E-state index contributed by atoms with van der Waals surface area (Å²) in [4.78, 5) is 25.3. The van der Waals surface area contributed by atoms with Gasteiger partial charge in [-0.05, 0) is 48.5 Å². The number of pyridine rings is 1. The van der Waals surface area contributed by atoms with Gasteiger partial charge in [-0.2, -0.15) is 5.26 Å². The van der Waals surface area contributed by atoms with E-state index in [2.05, 4.69) is 15.9 Å². The Morgan fingerprint density at radius 2 is 1.85 bits per heavy atom. The number of aromatic nitrogens is 1. The highest BCUT2D eigenvalue weighted by molar-refractivity contribution is 9.10. The van der Waals surface area contributed by atoms with E-state index in [-0.39, 0.29) is 22.4 Å². The van der Waals surface area contributed by atoms with Gasteiger partial charge in [0.2, 0.25) is 0 Å². The Morgan fingerprint density at radius 3 is 2.50 bits per heavy atom. The largest absolute Gasteiger partial charge is 0.507 e. The molecule has 2 aromatic carbocycles. The second kappa shape index (κ2) is 7.16. The average Bonchev–Trinajstić information content (AvgIpc) is 2.64. The van der Waals surface area contributed by atoms with Crippen LogP contribution in [0.4, 0.5) is 0 Å². The van der Waals surface area contributed by atoms with Gasteiger partial charge in [0.05, 0.1) is 5.56 Å². The van der Waals surface area contributed by atoms with Crippen LogP contribution in [0.3, 0.4) is 0 Å². The fraction of sp³-hybridized carbons (Fsp3) is 0. The molecule has 7 heteroatoms. The van der Waals surface area contributed by atoms with Crippen LogP contribution in [-0.2, 0) is 0 Å². The summed E-state index contributed by atoms with van der Waals surface area (Å²) in [5, 5.41) is 19.7. The molecule has 0 aliphatic carbocycles. The van der Waals surface area contributed by atoms with Crippen LogP contribution in [0.25, 0.3) is 5.69 Å². The Hall–Kier alpha value is -2.88. The third-order valence-corrected chi connectivity index (χ3v) is 4.45. The van der Waals surface area contributed by atoms with Crippen LogP contribution >= 0.6 is 27.5 Å². The van der Waals surface area contributed by atoms with E-state index < -0.39 is 11.3 Å². The molecule has 128 valence electrons. The van der Waals surface area contributed by atoms with E-state index in [1.54, 1.807) is 36.4 Å². The number of nitrogens with zero attached hydrogens (tertiary/aromatic N) is 2. The molecule has 26 heavy (non-hydrogen) atoms. The van der Waals surface area contributed by atoms with Crippen LogP contribution in [0, 0.1) is 11.3 Å². The Kier molecular flexibility index (Phi) is 4.94. The van der Waals surface area contributed by atoms with Crippen molar-refractivity contribution < 1.29 is 9.90 Å². The van der Waals surface area contributed by atoms with E-state index >= 15 is 0 Å². The van der Waals surface area contributed by atoms with E-state index in [0.29, 0.717) is 15.2 Å². The Labute approximate surface area is 161 Å². The minimum atomic E-state index is -0.551. The number of carbonyl (C=O) groups is 1. The summed E-state index contributed by atoms with van der Waals surface area (Å²) in [6, 6.07) is 13.9. The number of hydrogen-bond donors (Lipinski definition) is 1. The summed E-state index contributed by atoms with van der Waals surface area (Å²) in [6.07, 6.45) is 1.34. The number of rotatable bonds is 3. The van der Waals surface area contributed by atoms with Crippen molar-refractivity contribution in [2.75, 3.05) is 0 Å². The van der Waals surface area contributed by atoms with E-state index in [9.17, 15) is 20.0 Å². The number of hydrogen-bond acceptors (Lipinski definition) is 4. The van der Waals surface area contributed by atoms with Crippen LogP contribution in [0.2, 0.25) is 5.02 Å². The summed E-state index contributed by atoms with van der Waals surface area (Å²) in [5.41, 5.74) is -0.108. The van der Waals surface area contributed by atoms with Gasteiger partial charge in [0.15, 0.2) is 5.78 Å². The summed E-state index contributed by atoms with van der Waals surface area (Å²) in [5.74, 6) is -0.705. The molecule has 1 N–H and O–H groups in total. The van der Waals surface area contributed by atoms with Gasteiger partial charge < -0.3 is 5.11 Å². The van der Waals surface area contributed by atoms with Crippen molar-refractivity contribution in [2.24, 2.45) is 0 Å². The highest BCUT2D eigenvalue weighted by Gasteiger charge is 2.18. The maximum Gasteiger partial charge on any atom is 0.273 e. The zero-order valence-electron chi connectivity index (χ0n) is 13.1. The van der Waals surface area contributed by atoms with Gasteiger partial charge in [-0.25, -0.2) is 0 Å². The van der Waals surface area contributed by atoms with Crippen molar-refractivity contribution >= 4 is 33.3 Å². The highest BCUT2D eigenvalue weighted by Crippen LogP contribution is 2.25. The molecule has 1 aromatic heterocycles. The van der Waals surface area contributed by atoms with E-state index in [1.807, 2.05) is 0 Å². The van der Waals surface area contributed by atoms with Gasteiger partial charge in [0.25, 0.3) is 5.56 Å². The number of nitriles is 1. The minimum Gasteiger partial charge on any atom is -0.507 e. The molecule has 5 nitrogen and oxygen atoms in total. The van der Waals surface area contributed by atoms with Crippen LogP contribution in [0.5, 0.6) is 5.75 Å². The van der Waals surface area contributed by atoms with Crippen molar-refractivity contribution in [3.63, 3.8) is 0 Å². The molecule has 0 amide bonds. The predicted molar refractivity (Wildman–Crippen MR) is 101 cm³/mol. The number of phenolic OH excluding ortho intramolecular Hbond substituents is 1. The molecule has 3 aromatic rings. The molecule has 3 rings (SSSR count). The molecule has 0 aliphatic heterocycles. The molecular weight excluding hydrogens is 420 g/mol. The third kappa shape index (κ3) is 3.40. The van der Waals surface area contributed by atoms with Crippen molar-refractivity contribution in [2.45, 2.75) is 0 Å². The standard InChI is InChI=1S/C19H10BrClN2O3/c20-13-1-6-17(24)16(8-13)18(25)12-7-11(9-22)19(26)23(10-12)15-4-2-14(21)3-5-15/h1-8,10,24H. The number of ketones is 1. The SMILES string of the molecule is N#Cc1cc(C(=O)c2cc(Br)ccc2O)cn(-c2ccc(Cl)cc2)c1=O. The van der Waals surface area contributed by atoms with Crippen molar-refractivity contribution in [1.82, 2.24) is 4.57 Å². The lowest BCUT2D eigenvalue weighted by Crippen LogP contribution is -2.22. The molecule has 0 spiro atoms. The van der Waals surface area contributed by atoms with Crippen molar-refractivity contribution in [3.8, 4) is 17.5 Å². The molecule has 0 bridgehead atoms. The zero-order valence-corrected chi connectivity index (χ0v) is 15.5. The van der Waals surface area contributed by atoms with Gasteiger partial charge in [-0.1, -0.05) is 27.5 Å². The number of carbonyl (C=O) groups excluding carboxylic acids is 1. The third-order valence-electron chi connectivity index (χ3n) is 3.71. The lowest BCUT2D eigenvalue weighted by atomic mass is 10.0. The van der Waals surface area contributed by atoms with Gasteiger partial charge >= 0.3 is 0 Å². The second-order valence-corrected chi connectivity index (χ2v) is 6.75. The van der Waals surface area contributed by atoms with Crippen LogP contribution in [-0.4, -0.2) is 15.5 Å². The number of phenols is 1. The molecule has 0 saturated carbocycles. The lowest BCUT2D eigenvalue weighted by molar-refractivity contribution is 0.103.